The number of phenols is 1. The fourth-order valence-corrected chi connectivity index (χ4v) is 1.73. The number of carbonyl (C=O) groups is 1. The average molecular weight is 261 g/mol. The molecule has 0 radical (unpaired) electrons. The summed E-state index contributed by atoms with van der Waals surface area (Å²) in [6, 6.07) is 4.64. The Morgan fingerprint density at radius 1 is 1.42 bits per heavy atom. The summed E-state index contributed by atoms with van der Waals surface area (Å²) in [6.07, 6.45) is 0.514. The van der Waals surface area contributed by atoms with E-state index in [0.29, 0.717) is 30.2 Å². The van der Waals surface area contributed by atoms with Crippen molar-refractivity contribution in [3.63, 3.8) is 0 Å². The Hall–Kier alpha value is -2.37. The third-order valence-electron chi connectivity index (χ3n) is 2.66. The molecule has 6 nitrogen and oxygen atoms in total. The first-order valence-electron chi connectivity index (χ1n) is 5.93. The molecule has 0 bridgehead atoms. The standard InChI is InChI=1S/C13H15N3O3/c1-8-7-10(17)3-4-11(8)13(18)14-6-5-12-15-9(2)19-16-12/h3-4,7,17H,5-6H2,1-2H3,(H,14,18). The van der Waals surface area contributed by atoms with E-state index in [4.69, 9.17) is 4.52 Å². The zero-order valence-corrected chi connectivity index (χ0v) is 10.8. The van der Waals surface area contributed by atoms with E-state index in [1.54, 1.807) is 26.0 Å². The van der Waals surface area contributed by atoms with Crippen LogP contribution in [0.1, 0.15) is 27.6 Å². The van der Waals surface area contributed by atoms with Crippen LogP contribution in [0.25, 0.3) is 0 Å². The van der Waals surface area contributed by atoms with Gasteiger partial charge in [0.05, 0.1) is 0 Å². The molecule has 0 aliphatic heterocycles. The van der Waals surface area contributed by atoms with Gasteiger partial charge in [-0.05, 0) is 30.7 Å². The number of nitrogens with one attached hydrogen (secondary N) is 1. The van der Waals surface area contributed by atoms with Crippen molar-refractivity contribution in [3.8, 4) is 5.75 Å². The van der Waals surface area contributed by atoms with Crippen LogP contribution < -0.4 is 5.32 Å². The second-order valence-corrected chi connectivity index (χ2v) is 4.23. The molecule has 0 atom stereocenters. The van der Waals surface area contributed by atoms with E-state index >= 15 is 0 Å². The molecule has 2 rings (SSSR count). The zero-order valence-electron chi connectivity index (χ0n) is 10.8. The summed E-state index contributed by atoms with van der Waals surface area (Å²) in [7, 11) is 0. The van der Waals surface area contributed by atoms with Gasteiger partial charge in [-0.3, -0.25) is 4.79 Å². The molecule has 100 valence electrons. The molecule has 19 heavy (non-hydrogen) atoms. The van der Waals surface area contributed by atoms with Crippen molar-refractivity contribution in [3.05, 3.63) is 41.0 Å². The van der Waals surface area contributed by atoms with Gasteiger partial charge in [-0.25, -0.2) is 0 Å². The molecule has 6 heteroatoms. The molecular formula is C13H15N3O3. The number of rotatable bonds is 4. The molecule has 2 N–H and O–H groups in total. The second kappa shape index (κ2) is 5.51. The molecule has 2 aromatic rings. The SMILES string of the molecule is Cc1nc(CCNC(=O)c2ccc(O)cc2C)no1. The van der Waals surface area contributed by atoms with Gasteiger partial charge in [-0.1, -0.05) is 5.16 Å². The summed E-state index contributed by atoms with van der Waals surface area (Å²) in [5.74, 6) is 1.05. The normalized spacial score (nSPS) is 10.4. The molecule has 1 aromatic carbocycles. The first kappa shape index (κ1) is 13.1. The summed E-state index contributed by atoms with van der Waals surface area (Å²) in [4.78, 5) is 16.0. The Kier molecular flexibility index (Phi) is 3.79. The van der Waals surface area contributed by atoms with Gasteiger partial charge in [0.25, 0.3) is 5.91 Å². The predicted octanol–water partition coefficient (Wildman–Crippen LogP) is 1.36. The maximum Gasteiger partial charge on any atom is 0.251 e. The molecule has 0 saturated carbocycles. The van der Waals surface area contributed by atoms with Gasteiger partial charge in [0.1, 0.15) is 5.75 Å². The molecule has 0 fully saturated rings. The van der Waals surface area contributed by atoms with Crippen LogP contribution in [0.2, 0.25) is 0 Å². The monoisotopic (exact) mass is 261 g/mol. The third-order valence-corrected chi connectivity index (χ3v) is 2.66. The molecule has 0 spiro atoms. The van der Waals surface area contributed by atoms with Crippen LogP contribution in [0.15, 0.2) is 22.7 Å². The smallest absolute Gasteiger partial charge is 0.251 e. The lowest BCUT2D eigenvalue weighted by molar-refractivity contribution is 0.0953. The molecule has 1 aromatic heterocycles. The lowest BCUT2D eigenvalue weighted by Gasteiger charge is -2.06. The highest BCUT2D eigenvalue weighted by Crippen LogP contribution is 2.15. The third kappa shape index (κ3) is 3.31. The first-order valence-corrected chi connectivity index (χ1v) is 5.93. The van der Waals surface area contributed by atoms with Gasteiger partial charge >= 0.3 is 0 Å². The van der Waals surface area contributed by atoms with Gasteiger partial charge < -0.3 is 14.9 Å². The number of carbonyl (C=O) groups excluding carboxylic acids is 1. The van der Waals surface area contributed by atoms with Crippen molar-refractivity contribution in [2.24, 2.45) is 0 Å². The minimum Gasteiger partial charge on any atom is -0.508 e. The predicted molar refractivity (Wildman–Crippen MR) is 67.9 cm³/mol. The maximum atomic E-state index is 11.9. The van der Waals surface area contributed by atoms with Gasteiger partial charge in [-0.15, -0.1) is 0 Å². The van der Waals surface area contributed by atoms with Crippen LogP contribution in [0, 0.1) is 13.8 Å². The number of aromatic hydroxyl groups is 1. The molecule has 0 aliphatic carbocycles. The number of nitrogens with zero attached hydrogens (tertiary/aromatic N) is 2. The van der Waals surface area contributed by atoms with Crippen LogP contribution in [0.4, 0.5) is 0 Å². The number of phenolic OH excluding ortho intramolecular Hbond substituents is 1. The Labute approximate surface area is 110 Å². The van der Waals surface area contributed by atoms with Gasteiger partial charge in [-0.2, -0.15) is 4.98 Å². The van der Waals surface area contributed by atoms with Gasteiger partial charge in [0.2, 0.25) is 5.89 Å². The lowest BCUT2D eigenvalue weighted by Crippen LogP contribution is -2.26. The summed E-state index contributed by atoms with van der Waals surface area (Å²) >= 11 is 0. The lowest BCUT2D eigenvalue weighted by atomic mass is 10.1. The summed E-state index contributed by atoms with van der Waals surface area (Å²) in [6.45, 7) is 3.92. The number of aryl methyl sites for hydroxylation is 2. The maximum absolute atomic E-state index is 11.9. The second-order valence-electron chi connectivity index (χ2n) is 4.23. The zero-order chi connectivity index (χ0) is 13.8. The number of amides is 1. The van der Waals surface area contributed by atoms with Crippen LogP contribution in [-0.2, 0) is 6.42 Å². The number of hydrogen-bond acceptors (Lipinski definition) is 5. The molecule has 1 heterocycles. The Morgan fingerprint density at radius 2 is 2.21 bits per heavy atom. The molecule has 0 saturated heterocycles. The summed E-state index contributed by atoms with van der Waals surface area (Å²) < 4.78 is 4.84. The quantitative estimate of drug-likeness (QED) is 0.867. The fourth-order valence-electron chi connectivity index (χ4n) is 1.73. The van der Waals surface area contributed by atoms with Crippen molar-refractivity contribution in [2.75, 3.05) is 6.54 Å². The Bertz CT molecular complexity index is 593. The summed E-state index contributed by atoms with van der Waals surface area (Å²) in [5, 5.41) is 15.8. The van der Waals surface area contributed by atoms with E-state index in [0.717, 1.165) is 5.56 Å². The molecule has 1 amide bonds. The highest BCUT2D eigenvalue weighted by Gasteiger charge is 2.09. The van der Waals surface area contributed by atoms with Crippen molar-refractivity contribution >= 4 is 5.91 Å². The van der Waals surface area contributed by atoms with Crippen LogP contribution in [0.5, 0.6) is 5.75 Å². The number of hydrogen-bond donors (Lipinski definition) is 2. The van der Waals surface area contributed by atoms with Crippen molar-refractivity contribution < 1.29 is 14.4 Å². The van der Waals surface area contributed by atoms with E-state index in [-0.39, 0.29) is 11.7 Å². The highest BCUT2D eigenvalue weighted by molar-refractivity contribution is 5.95. The van der Waals surface area contributed by atoms with E-state index < -0.39 is 0 Å². The van der Waals surface area contributed by atoms with Gasteiger partial charge in [0.15, 0.2) is 5.82 Å². The Balaban J connectivity index is 1.90. The molecular weight excluding hydrogens is 246 g/mol. The van der Waals surface area contributed by atoms with E-state index in [9.17, 15) is 9.90 Å². The topological polar surface area (TPSA) is 88.2 Å². The first-order chi connectivity index (χ1) is 9.06. The number of aromatic nitrogens is 2. The highest BCUT2D eigenvalue weighted by atomic mass is 16.5. The number of benzene rings is 1. The van der Waals surface area contributed by atoms with Crippen molar-refractivity contribution in [2.45, 2.75) is 20.3 Å². The molecule has 0 aliphatic rings. The van der Waals surface area contributed by atoms with Crippen molar-refractivity contribution in [1.29, 1.82) is 0 Å². The van der Waals surface area contributed by atoms with Crippen molar-refractivity contribution in [1.82, 2.24) is 15.5 Å². The van der Waals surface area contributed by atoms with Crippen LogP contribution >= 0.6 is 0 Å². The van der Waals surface area contributed by atoms with E-state index in [2.05, 4.69) is 15.5 Å². The van der Waals surface area contributed by atoms with E-state index in [1.165, 1.54) is 6.07 Å². The minimum atomic E-state index is -0.183. The largest absolute Gasteiger partial charge is 0.508 e. The fraction of sp³-hybridized carbons (Fsp3) is 0.308. The Morgan fingerprint density at radius 3 is 2.84 bits per heavy atom. The minimum absolute atomic E-state index is 0.149. The summed E-state index contributed by atoms with van der Waals surface area (Å²) in [5.41, 5.74) is 1.27. The van der Waals surface area contributed by atoms with Gasteiger partial charge in [0, 0.05) is 25.5 Å². The van der Waals surface area contributed by atoms with Crippen LogP contribution in [-0.4, -0.2) is 27.7 Å². The van der Waals surface area contributed by atoms with E-state index in [1.807, 2.05) is 0 Å². The molecule has 0 unspecified atom stereocenters. The van der Waals surface area contributed by atoms with Crippen LogP contribution in [0.3, 0.4) is 0 Å². The average Bonchev–Trinajstić information content (AvgIpc) is 2.75.